The van der Waals surface area contributed by atoms with E-state index in [1.54, 1.807) is 12.1 Å². The van der Waals surface area contributed by atoms with Crippen LogP contribution in [0, 0.1) is 12.7 Å². The van der Waals surface area contributed by atoms with Crippen LogP contribution in [0.15, 0.2) is 42.5 Å². The second-order valence-corrected chi connectivity index (χ2v) is 5.99. The predicted molar refractivity (Wildman–Crippen MR) is 98.4 cm³/mol. The zero-order valence-corrected chi connectivity index (χ0v) is 15.6. The van der Waals surface area contributed by atoms with Crippen LogP contribution in [-0.2, 0) is 14.3 Å². The number of hydrogen-bond acceptors (Lipinski definition) is 5. The van der Waals surface area contributed by atoms with Crippen LogP contribution in [0.25, 0.3) is 0 Å². The minimum atomic E-state index is -1.04. The molecule has 0 bridgehead atoms. The van der Waals surface area contributed by atoms with Crippen LogP contribution in [0.2, 0.25) is 0 Å². The molecule has 2 rings (SSSR count). The van der Waals surface area contributed by atoms with Crippen molar-refractivity contribution >= 4 is 17.6 Å². The average Bonchev–Trinajstić information content (AvgIpc) is 2.63. The normalized spacial score (nSPS) is 12.6. The summed E-state index contributed by atoms with van der Waals surface area (Å²) < 4.78 is 28.7. The summed E-state index contributed by atoms with van der Waals surface area (Å²) in [5.41, 5.74) is 1.43. The molecular weight excluding hydrogens is 353 g/mol. The molecular formula is C20H22FNO5. The fraction of sp³-hybridized carbons (Fsp3) is 0.300. The molecule has 27 heavy (non-hydrogen) atoms. The van der Waals surface area contributed by atoms with E-state index >= 15 is 0 Å². The molecule has 0 radical (unpaired) electrons. The molecule has 0 aliphatic rings. The lowest BCUT2D eigenvalue weighted by Crippen LogP contribution is -2.35. The number of halogens is 1. The van der Waals surface area contributed by atoms with Gasteiger partial charge in [-0.3, -0.25) is 4.79 Å². The van der Waals surface area contributed by atoms with Gasteiger partial charge in [0, 0.05) is 0 Å². The summed E-state index contributed by atoms with van der Waals surface area (Å²) in [6.45, 7) is 4.83. The standard InChI is InChI=1S/C20H22FNO5/c1-12-5-10-18(25-4)17(11-12)22-19(23)13(2)27-20(24)14(3)26-16-8-6-15(21)7-9-16/h5-11,13-14H,1-4H3,(H,22,23)/t13-,14+/m1/s1. The van der Waals surface area contributed by atoms with Crippen molar-refractivity contribution in [3.05, 3.63) is 53.8 Å². The van der Waals surface area contributed by atoms with Crippen molar-refractivity contribution in [2.24, 2.45) is 0 Å². The Labute approximate surface area is 157 Å². The molecule has 1 amide bonds. The summed E-state index contributed by atoms with van der Waals surface area (Å²) in [7, 11) is 1.50. The summed E-state index contributed by atoms with van der Waals surface area (Å²) in [5, 5.41) is 2.68. The number of nitrogens with one attached hydrogen (secondary N) is 1. The zero-order valence-electron chi connectivity index (χ0n) is 15.6. The Bertz CT molecular complexity index is 807. The maximum absolute atomic E-state index is 12.9. The van der Waals surface area contributed by atoms with Gasteiger partial charge in [0.15, 0.2) is 12.2 Å². The molecule has 1 N–H and O–H groups in total. The summed E-state index contributed by atoms with van der Waals surface area (Å²) in [6.07, 6.45) is -2.00. The minimum Gasteiger partial charge on any atom is -0.495 e. The maximum Gasteiger partial charge on any atom is 0.347 e. The quantitative estimate of drug-likeness (QED) is 0.750. The van der Waals surface area contributed by atoms with E-state index in [-0.39, 0.29) is 0 Å². The number of amides is 1. The lowest BCUT2D eigenvalue weighted by molar-refractivity contribution is -0.159. The van der Waals surface area contributed by atoms with Crippen molar-refractivity contribution in [1.29, 1.82) is 0 Å². The van der Waals surface area contributed by atoms with E-state index in [0.717, 1.165) is 5.56 Å². The molecule has 2 aromatic rings. The van der Waals surface area contributed by atoms with E-state index in [1.165, 1.54) is 45.2 Å². The highest BCUT2D eigenvalue weighted by Gasteiger charge is 2.24. The average molecular weight is 375 g/mol. The van der Waals surface area contributed by atoms with Crippen molar-refractivity contribution in [3.8, 4) is 11.5 Å². The molecule has 0 heterocycles. The van der Waals surface area contributed by atoms with Gasteiger partial charge in [0.2, 0.25) is 0 Å². The fourth-order valence-electron chi connectivity index (χ4n) is 2.24. The van der Waals surface area contributed by atoms with Crippen LogP contribution in [0.3, 0.4) is 0 Å². The van der Waals surface area contributed by atoms with Crippen molar-refractivity contribution in [1.82, 2.24) is 0 Å². The van der Waals surface area contributed by atoms with E-state index < -0.39 is 29.9 Å². The van der Waals surface area contributed by atoms with Gasteiger partial charge in [-0.1, -0.05) is 6.07 Å². The number of benzene rings is 2. The zero-order chi connectivity index (χ0) is 20.0. The summed E-state index contributed by atoms with van der Waals surface area (Å²) in [6, 6.07) is 10.6. The molecule has 6 nitrogen and oxygen atoms in total. The van der Waals surface area contributed by atoms with Crippen molar-refractivity contribution in [2.45, 2.75) is 33.0 Å². The van der Waals surface area contributed by atoms with E-state index in [2.05, 4.69) is 5.32 Å². The van der Waals surface area contributed by atoms with Gasteiger partial charge in [0.05, 0.1) is 12.8 Å². The monoisotopic (exact) mass is 375 g/mol. The van der Waals surface area contributed by atoms with Crippen molar-refractivity contribution in [2.75, 3.05) is 12.4 Å². The Balaban J connectivity index is 1.94. The Hall–Kier alpha value is -3.09. The van der Waals surface area contributed by atoms with Gasteiger partial charge in [0.25, 0.3) is 5.91 Å². The van der Waals surface area contributed by atoms with Gasteiger partial charge in [-0.15, -0.1) is 0 Å². The van der Waals surface area contributed by atoms with Crippen LogP contribution in [0.5, 0.6) is 11.5 Å². The fourth-order valence-corrected chi connectivity index (χ4v) is 2.24. The van der Waals surface area contributed by atoms with Gasteiger partial charge in [-0.05, 0) is 62.7 Å². The molecule has 0 aliphatic heterocycles. The van der Waals surface area contributed by atoms with Crippen molar-refractivity contribution in [3.63, 3.8) is 0 Å². The maximum atomic E-state index is 12.9. The molecule has 0 aliphatic carbocycles. The van der Waals surface area contributed by atoms with Crippen LogP contribution in [0.1, 0.15) is 19.4 Å². The second-order valence-electron chi connectivity index (χ2n) is 5.99. The van der Waals surface area contributed by atoms with Gasteiger partial charge in [-0.2, -0.15) is 0 Å². The number of anilines is 1. The van der Waals surface area contributed by atoms with Crippen LogP contribution in [0.4, 0.5) is 10.1 Å². The van der Waals surface area contributed by atoms with Gasteiger partial charge < -0.3 is 19.5 Å². The SMILES string of the molecule is COc1ccc(C)cc1NC(=O)[C@@H](C)OC(=O)[C@H](C)Oc1ccc(F)cc1. The lowest BCUT2D eigenvalue weighted by Gasteiger charge is -2.18. The largest absolute Gasteiger partial charge is 0.495 e. The van der Waals surface area contributed by atoms with Crippen LogP contribution >= 0.6 is 0 Å². The van der Waals surface area contributed by atoms with Crippen LogP contribution < -0.4 is 14.8 Å². The molecule has 0 unspecified atom stereocenters. The Morgan fingerprint density at radius 3 is 2.33 bits per heavy atom. The van der Waals surface area contributed by atoms with E-state index in [9.17, 15) is 14.0 Å². The first kappa shape index (κ1) is 20.2. The number of methoxy groups -OCH3 is 1. The Kier molecular flexibility index (Phi) is 6.76. The van der Waals surface area contributed by atoms with Crippen LogP contribution in [-0.4, -0.2) is 31.2 Å². The first-order chi connectivity index (χ1) is 12.8. The summed E-state index contributed by atoms with van der Waals surface area (Å²) in [4.78, 5) is 24.5. The highest BCUT2D eigenvalue weighted by atomic mass is 19.1. The van der Waals surface area contributed by atoms with Crippen molar-refractivity contribution < 1.29 is 28.2 Å². The topological polar surface area (TPSA) is 73.9 Å². The molecule has 2 aromatic carbocycles. The lowest BCUT2D eigenvalue weighted by atomic mass is 10.2. The molecule has 144 valence electrons. The highest BCUT2D eigenvalue weighted by Crippen LogP contribution is 2.25. The molecule has 0 saturated carbocycles. The Morgan fingerprint density at radius 1 is 1.04 bits per heavy atom. The number of rotatable bonds is 7. The third-order valence-corrected chi connectivity index (χ3v) is 3.73. The summed E-state index contributed by atoms with van der Waals surface area (Å²) >= 11 is 0. The summed E-state index contributed by atoms with van der Waals surface area (Å²) in [5.74, 6) is -0.795. The predicted octanol–water partition coefficient (Wildman–Crippen LogP) is 3.48. The number of carbonyl (C=O) groups excluding carboxylic acids is 2. The molecule has 0 saturated heterocycles. The van der Waals surface area contributed by atoms with Gasteiger partial charge in [0.1, 0.15) is 17.3 Å². The first-order valence-electron chi connectivity index (χ1n) is 8.38. The minimum absolute atomic E-state index is 0.322. The Morgan fingerprint density at radius 2 is 1.70 bits per heavy atom. The smallest absolute Gasteiger partial charge is 0.347 e. The van der Waals surface area contributed by atoms with E-state index in [0.29, 0.717) is 17.2 Å². The first-order valence-corrected chi connectivity index (χ1v) is 8.38. The molecule has 0 spiro atoms. The third kappa shape index (κ3) is 5.70. The third-order valence-electron chi connectivity index (χ3n) is 3.73. The van der Waals surface area contributed by atoms with Gasteiger partial charge in [-0.25, -0.2) is 9.18 Å². The van der Waals surface area contributed by atoms with E-state index in [4.69, 9.17) is 14.2 Å². The molecule has 7 heteroatoms. The number of hydrogen-bond donors (Lipinski definition) is 1. The second kappa shape index (κ2) is 9.02. The number of aryl methyl sites for hydroxylation is 1. The molecule has 2 atom stereocenters. The van der Waals surface area contributed by atoms with Gasteiger partial charge >= 0.3 is 5.97 Å². The molecule has 0 aromatic heterocycles. The molecule has 0 fully saturated rings. The number of carbonyl (C=O) groups is 2. The highest BCUT2D eigenvalue weighted by molar-refractivity contribution is 5.96. The van der Waals surface area contributed by atoms with E-state index in [1.807, 2.05) is 13.0 Å². The number of ether oxygens (including phenoxy) is 3. The number of esters is 1.